The Morgan fingerprint density at radius 1 is 1.59 bits per heavy atom. The number of hydrogen-bond acceptors (Lipinski definition) is 4. The molecule has 1 atom stereocenters. The van der Waals surface area contributed by atoms with Crippen molar-refractivity contribution in [1.29, 1.82) is 0 Å². The Labute approximate surface area is 102 Å². The van der Waals surface area contributed by atoms with Gasteiger partial charge in [-0.25, -0.2) is 9.37 Å². The Morgan fingerprint density at radius 3 is 3.06 bits per heavy atom. The van der Waals surface area contributed by atoms with E-state index in [1.54, 1.807) is 6.07 Å². The van der Waals surface area contributed by atoms with Crippen LogP contribution >= 0.6 is 11.3 Å². The summed E-state index contributed by atoms with van der Waals surface area (Å²) in [4.78, 5) is 16.0. The molecule has 1 aromatic carbocycles. The van der Waals surface area contributed by atoms with Crippen LogP contribution in [0.3, 0.4) is 0 Å². The van der Waals surface area contributed by atoms with Crippen LogP contribution in [-0.2, 0) is 11.2 Å². The number of halogens is 1. The Balaban J connectivity index is 1.85. The van der Waals surface area contributed by atoms with E-state index in [4.69, 9.17) is 0 Å². The van der Waals surface area contributed by atoms with Gasteiger partial charge < -0.3 is 5.32 Å². The molecule has 1 saturated heterocycles. The third-order valence-electron chi connectivity index (χ3n) is 2.95. The summed E-state index contributed by atoms with van der Waals surface area (Å²) < 4.78 is 14.2. The number of aromatic nitrogens is 1. The molecule has 88 valence electrons. The van der Waals surface area contributed by atoms with Crippen LogP contribution in [0.25, 0.3) is 10.2 Å². The number of Topliss-reactive ketones (excluding diaryl/α,β-unsaturated/α-hetero) is 1. The average Bonchev–Trinajstić information content (AvgIpc) is 2.58. The summed E-state index contributed by atoms with van der Waals surface area (Å²) in [5.74, 6) is -0.171. The summed E-state index contributed by atoms with van der Waals surface area (Å²) in [6.07, 6.45) is 1.20. The second-order valence-electron chi connectivity index (χ2n) is 4.13. The number of nitrogens with zero attached hydrogens (tertiary/aromatic N) is 1. The van der Waals surface area contributed by atoms with E-state index in [-0.39, 0.29) is 17.6 Å². The normalized spacial score (nSPS) is 19.2. The molecule has 2 aromatic rings. The number of thiazole rings is 1. The van der Waals surface area contributed by atoms with E-state index in [2.05, 4.69) is 10.3 Å². The minimum Gasteiger partial charge on any atom is -0.307 e. The van der Waals surface area contributed by atoms with Gasteiger partial charge in [0, 0.05) is 0 Å². The first kappa shape index (κ1) is 10.8. The van der Waals surface area contributed by atoms with Crippen LogP contribution in [-0.4, -0.2) is 23.4 Å². The van der Waals surface area contributed by atoms with Crippen molar-refractivity contribution in [3.63, 3.8) is 0 Å². The SMILES string of the molecule is O=C(Cc1nc2c(F)cccc2s1)[C@@H]1CCN1. The van der Waals surface area contributed by atoms with Gasteiger partial charge in [0.25, 0.3) is 0 Å². The van der Waals surface area contributed by atoms with Gasteiger partial charge in [-0.3, -0.25) is 4.79 Å². The molecule has 1 aliphatic heterocycles. The van der Waals surface area contributed by atoms with E-state index in [1.165, 1.54) is 17.4 Å². The standard InChI is InChI=1S/C12H11FN2OS/c13-7-2-1-3-10-12(7)15-11(17-10)6-9(16)8-4-5-14-8/h1-3,8,14H,4-6H2/t8-/m0/s1. The van der Waals surface area contributed by atoms with Crippen LogP contribution in [0.1, 0.15) is 11.4 Å². The van der Waals surface area contributed by atoms with E-state index in [0.717, 1.165) is 17.7 Å². The number of fused-ring (bicyclic) bond motifs is 1. The van der Waals surface area contributed by atoms with E-state index in [9.17, 15) is 9.18 Å². The van der Waals surface area contributed by atoms with Crippen molar-refractivity contribution in [1.82, 2.24) is 10.3 Å². The van der Waals surface area contributed by atoms with Crippen molar-refractivity contribution in [3.05, 3.63) is 29.0 Å². The lowest BCUT2D eigenvalue weighted by atomic mass is 10.0. The van der Waals surface area contributed by atoms with Crippen LogP contribution in [0.4, 0.5) is 4.39 Å². The van der Waals surface area contributed by atoms with Gasteiger partial charge in [0.15, 0.2) is 5.78 Å². The Kier molecular flexibility index (Phi) is 2.64. The molecule has 3 rings (SSSR count). The lowest BCUT2D eigenvalue weighted by molar-refractivity contribution is -0.121. The van der Waals surface area contributed by atoms with Gasteiger partial charge in [-0.15, -0.1) is 11.3 Å². The van der Waals surface area contributed by atoms with E-state index < -0.39 is 0 Å². The molecule has 0 saturated carbocycles. The summed E-state index contributed by atoms with van der Waals surface area (Å²) >= 11 is 1.39. The fourth-order valence-corrected chi connectivity index (χ4v) is 2.86. The van der Waals surface area contributed by atoms with Gasteiger partial charge in [0.05, 0.1) is 17.2 Å². The van der Waals surface area contributed by atoms with Crippen molar-refractivity contribution < 1.29 is 9.18 Å². The van der Waals surface area contributed by atoms with Gasteiger partial charge >= 0.3 is 0 Å². The molecule has 2 heterocycles. The van der Waals surface area contributed by atoms with Crippen molar-refractivity contribution in [2.45, 2.75) is 18.9 Å². The van der Waals surface area contributed by atoms with Crippen LogP contribution in [0, 0.1) is 5.82 Å². The smallest absolute Gasteiger partial charge is 0.156 e. The van der Waals surface area contributed by atoms with E-state index in [0.29, 0.717) is 16.9 Å². The first-order valence-electron chi connectivity index (χ1n) is 5.54. The molecule has 3 nitrogen and oxygen atoms in total. The number of benzene rings is 1. The lowest BCUT2D eigenvalue weighted by Crippen LogP contribution is -2.49. The van der Waals surface area contributed by atoms with Gasteiger partial charge in [-0.05, 0) is 25.1 Å². The summed E-state index contributed by atoms with van der Waals surface area (Å²) in [5, 5.41) is 3.76. The fourth-order valence-electron chi connectivity index (χ4n) is 1.87. The predicted molar refractivity (Wildman–Crippen MR) is 64.7 cm³/mol. The lowest BCUT2D eigenvalue weighted by Gasteiger charge is -2.25. The Morgan fingerprint density at radius 2 is 2.41 bits per heavy atom. The van der Waals surface area contributed by atoms with E-state index >= 15 is 0 Å². The predicted octanol–water partition coefficient (Wildman–Crippen LogP) is 1.91. The summed E-state index contributed by atoms with van der Waals surface area (Å²) in [6.45, 7) is 0.908. The Bertz CT molecular complexity index is 577. The number of nitrogens with one attached hydrogen (secondary N) is 1. The zero-order valence-corrected chi connectivity index (χ0v) is 9.89. The average molecular weight is 250 g/mol. The summed E-state index contributed by atoms with van der Waals surface area (Å²) in [5.41, 5.74) is 0.377. The van der Waals surface area contributed by atoms with Crippen LogP contribution in [0.5, 0.6) is 0 Å². The molecular weight excluding hydrogens is 239 g/mol. The summed E-state index contributed by atoms with van der Waals surface area (Å²) in [7, 11) is 0. The molecule has 0 unspecified atom stereocenters. The fraction of sp³-hybridized carbons (Fsp3) is 0.333. The maximum absolute atomic E-state index is 13.4. The molecule has 17 heavy (non-hydrogen) atoms. The molecule has 1 aromatic heterocycles. The number of hydrogen-bond donors (Lipinski definition) is 1. The molecule has 0 amide bonds. The molecule has 0 spiro atoms. The maximum Gasteiger partial charge on any atom is 0.156 e. The highest BCUT2D eigenvalue weighted by Gasteiger charge is 2.25. The third-order valence-corrected chi connectivity index (χ3v) is 3.97. The van der Waals surface area contributed by atoms with Crippen molar-refractivity contribution >= 4 is 27.3 Å². The van der Waals surface area contributed by atoms with Crippen molar-refractivity contribution in [2.75, 3.05) is 6.54 Å². The molecule has 5 heteroatoms. The topological polar surface area (TPSA) is 42.0 Å². The van der Waals surface area contributed by atoms with Gasteiger partial charge in [-0.2, -0.15) is 0 Å². The maximum atomic E-state index is 13.4. The third kappa shape index (κ3) is 1.96. The monoisotopic (exact) mass is 250 g/mol. The first-order chi connectivity index (χ1) is 8.24. The Hall–Kier alpha value is -1.33. The minimum absolute atomic E-state index is 0.0214. The number of ketones is 1. The molecule has 0 radical (unpaired) electrons. The van der Waals surface area contributed by atoms with Crippen molar-refractivity contribution in [3.8, 4) is 0 Å². The second-order valence-corrected chi connectivity index (χ2v) is 5.25. The van der Waals surface area contributed by atoms with Crippen LogP contribution in [0.2, 0.25) is 0 Å². The van der Waals surface area contributed by atoms with Gasteiger partial charge in [-0.1, -0.05) is 6.07 Å². The van der Waals surface area contributed by atoms with Gasteiger partial charge in [0.2, 0.25) is 0 Å². The number of carbonyl (C=O) groups is 1. The molecular formula is C12H11FN2OS. The van der Waals surface area contributed by atoms with Crippen LogP contribution < -0.4 is 5.32 Å². The van der Waals surface area contributed by atoms with Crippen LogP contribution in [0.15, 0.2) is 18.2 Å². The van der Waals surface area contributed by atoms with E-state index in [1.807, 2.05) is 6.07 Å². The summed E-state index contributed by atoms with van der Waals surface area (Å²) in [6, 6.07) is 4.86. The molecule has 0 aliphatic carbocycles. The van der Waals surface area contributed by atoms with Gasteiger partial charge in [0.1, 0.15) is 16.3 Å². The quantitative estimate of drug-likeness (QED) is 0.904. The highest BCUT2D eigenvalue weighted by atomic mass is 32.1. The minimum atomic E-state index is -0.320. The molecule has 1 N–H and O–H groups in total. The second kappa shape index (κ2) is 4.16. The zero-order chi connectivity index (χ0) is 11.8. The highest BCUT2D eigenvalue weighted by Crippen LogP contribution is 2.25. The van der Waals surface area contributed by atoms with Crippen molar-refractivity contribution in [2.24, 2.45) is 0 Å². The number of rotatable bonds is 3. The molecule has 1 aliphatic rings. The molecule has 0 bridgehead atoms. The number of carbonyl (C=O) groups excluding carboxylic acids is 1. The molecule has 1 fully saturated rings. The first-order valence-corrected chi connectivity index (χ1v) is 6.36. The highest BCUT2D eigenvalue weighted by molar-refractivity contribution is 7.18. The zero-order valence-electron chi connectivity index (χ0n) is 9.07. The largest absolute Gasteiger partial charge is 0.307 e. The number of para-hydroxylation sites is 1.